The number of benzene rings is 2. The Morgan fingerprint density at radius 1 is 1.00 bits per heavy atom. The number of hydrogen-bond acceptors (Lipinski definition) is 5. The highest BCUT2D eigenvalue weighted by atomic mass is 35.5. The van der Waals surface area contributed by atoms with E-state index in [1.807, 2.05) is 0 Å². The van der Waals surface area contributed by atoms with Crippen molar-refractivity contribution in [2.24, 2.45) is 0 Å². The van der Waals surface area contributed by atoms with E-state index in [4.69, 9.17) is 40.1 Å². The molecule has 2 aromatic carbocycles. The molecule has 10 heteroatoms. The number of nitriles is 2. The maximum atomic E-state index is 13.1. The quantitative estimate of drug-likeness (QED) is 0.586. The molecular formula is C14H5Cl3FN3O2S. The van der Waals surface area contributed by atoms with Gasteiger partial charge in [-0.3, -0.25) is 0 Å². The number of rotatable bonds is 3. The Morgan fingerprint density at radius 2 is 1.62 bits per heavy atom. The van der Waals surface area contributed by atoms with Gasteiger partial charge in [0.1, 0.15) is 17.0 Å². The van der Waals surface area contributed by atoms with Crippen LogP contribution in [0.2, 0.25) is 15.1 Å². The molecule has 5 nitrogen and oxygen atoms in total. The highest BCUT2D eigenvalue weighted by molar-refractivity contribution is 7.86. The topological polar surface area (TPSA) is 93.8 Å². The number of nitrogens with zero attached hydrogens (tertiary/aromatic N) is 2. The summed E-state index contributed by atoms with van der Waals surface area (Å²) in [6.07, 6.45) is 0. The summed E-state index contributed by atoms with van der Waals surface area (Å²) in [5, 5.41) is 20.4. The molecule has 2 rings (SSSR count). The minimum Gasteiger partial charge on any atom is -0.353 e. The van der Waals surface area contributed by atoms with E-state index in [9.17, 15) is 17.6 Å². The van der Waals surface area contributed by atoms with Crippen molar-refractivity contribution in [1.82, 2.24) is 0 Å². The van der Waals surface area contributed by atoms with Crippen LogP contribution in [0.3, 0.4) is 0 Å². The van der Waals surface area contributed by atoms with Gasteiger partial charge in [-0.05, 0) is 18.2 Å². The lowest BCUT2D eigenvalue weighted by molar-refractivity contribution is 0.552. The monoisotopic (exact) mass is 403 g/mol. The normalized spacial score (nSPS) is 10.8. The van der Waals surface area contributed by atoms with E-state index >= 15 is 0 Å². The number of halogens is 4. The van der Waals surface area contributed by atoms with Gasteiger partial charge in [-0.2, -0.15) is 18.9 Å². The van der Waals surface area contributed by atoms with Gasteiger partial charge in [-0.25, -0.2) is 0 Å². The average molecular weight is 405 g/mol. The zero-order valence-electron chi connectivity index (χ0n) is 11.4. The summed E-state index contributed by atoms with van der Waals surface area (Å²) < 4.78 is 35.0. The smallest absolute Gasteiger partial charge is 0.332 e. The molecule has 0 aliphatic carbocycles. The standard InChI is InChI=1S/C14H5Cl3FN3O2S/c15-11-9(5-19)12(16)13(17)14(10(11)6-20)21-7-2-1-3-8(4-7)24(18,22)23/h1-4,21H. The molecule has 0 bridgehead atoms. The van der Waals surface area contributed by atoms with Crippen LogP contribution in [0.15, 0.2) is 29.2 Å². The van der Waals surface area contributed by atoms with Crippen LogP contribution in [0.4, 0.5) is 15.3 Å². The van der Waals surface area contributed by atoms with E-state index in [-0.39, 0.29) is 37.6 Å². The third kappa shape index (κ3) is 3.40. The summed E-state index contributed by atoms with van der Waals surface area (Å²) in [6.45, 7) is 0. The lowest BCUT2D eigenvalue weighted by Crippen LogP contribution is -2.00. The molecule has 0 aromatic heterocycles. The summed E-state index contributed by atoms with van der Waals surface area (Å²) in [5.74, 6) is 0. The van der Waals surface area contributed by atoms with Gasteiger partial charge in [0.05, 0.1) is 31.9 Å². The van der Waals surface area contributed by atoms with E-state index in [0.29, 0.717) is 0 Å². The summed E-state index contributed by atoms with van der Waals surface area (Å²) in [6, 6.07) is 8.32. The lowest BCUT2D eigenvalue weighted by Gasteiger charge is -2.14. The fraction of sp³-hybridized carbons (Fsp3) is 0. The van der Waals surface area contributed by atoms with Crippen molar-refractivity contribution in [3.05, 3.63) is 50.5 Å². The van der Waals surface area contributed by atoms with Gasteiger partial charge < -0.3 is 5.32 Å². The Bertz CT molecular complexity index is 1030. The van der Waals surface area contributed by atoms with Crippen LogP contribution in [0.5, 0.6) is 0 Å². The van der Waals surface area contributed by atoms with Crippen LogP contribution >= 0.6 is 34.8 Å². The SMILES string of the molecule is N#Cc1c(Cl)c(Cl)c(Nc2cccc(S(=O)(=O)F)c2)c(C#N)c1Cl. The van der Waals surface area contributed by atoms with Crippen molar-refractivity contribution in [2.75, 3.05) is 5.32 Å². The van der Waals surface area contributed by atoms with Gasteiger partial charge in [0, 0.05) is 5.69 Å². The molecule has 0 radical (unpaired) electrons. The molecule has 0 saturated heterocycles. The zero-order chi connectivity index (χ0) is 18.1. The third-order valence-electron chi connectivity index (χ3n) is 2.93. The molecule has 2 aromatic rings. The van der Waals surface area contributed by atoms with Crippen molar-refractivity contribution >= 4 is 56.4 Å². The zero-order valence-corrected chi connectivity index (χ0v) is 14.5. The van der Waals surface area contributed by atoms with Crippen LogP contribution in [-0.4, -0.2) is 8.42 Å². The average Bonchev–Trinajstić information content (AvgIpc) is 2.53. The molecule has 24 heavy (non-hydrogen) atoms. The first-order valence-electron chi connectivity index (χ1n) is 6.03. The van der Waals surface area contributed by atoms with Crippen molar-refractivity contribution in [2.45, 2.75) is 4.90 Å². The molecule has 0 heterocycles. The molecule has 0 atom stereocenters. The highest BCUT2D eigenvalue weighted by Crippen LogP contribution is 2.42. The van der Waals surface area contributed by atoms with Gasteiger partial charge in [0.2, 0.25) is 0 Å². The molecule has 0 unspecified atom stereocenters. The Kier molecular flexibility index (Phi) is 5.22. The van der Waals surface area contributed by atoms with E-state index in [1.165, 1.54) is 12.1 Å². The first-order chi connectivity index (χ1) is 11.2. The number of nitrogens with one attached hydrogen (secondary N) is 1. The number of anilines is 2. The second-order valence-corrected chi connectivity index (χ2v) is 6.86. The van der Waals surface area contributed by atoms with Crippen LogP contribution in [0.25, 0.3) is 0 Å². The molecule has 0 amide bonds. The van der Waals surface area contributed by atoms with E-state index < -0.39 is 15.1 Å². The van der Waals surface area contributed by atoms with Gasteiger partial charge in [-0.1, -0.05) is 40.9 Å². The fourth-order valence-corrected chi connectivity index (χ4v) is 3.15. The number of hydrogen-bond donors (Lipinski definition) is 1. The van der Waals surface area contributed by atoms with Gasteiger partial charge >= 0.3 is 10.2 Å². The first kappa shape index (κ1) is 18.3. The molecule has 0 aliphatic heterocycles. The van der Waals surface area contributed by atoms with Crippen molar-refractivity contribution in [1.29, 1.82) is 10.5 Å². The summed E-state index contributed by atoms with van der Waals surface area (Å²) in [4.78, 5) is -0.576. The maximum absolute atomic E-state index is 13.1. The summed E-state index contributed by atoms with van der Waals surface area (Å²) >= 11 is 18.0. The van der Waals surface area contributed by atoms with E-state index in [0.717, 1.165) is 12.1 Å². The second-order valence-electron chi connectivity index (χ2n) is 4.38. The van der Waals surface area contributed by atoms with Gasteiger partial charge in [0.25, 0.3) is 0 Å². The third-order valence-corrected chi connectivity index (χ3v) is 4.98. The predicted molar refractivity (Wildman–Crippen MR) is 88.9 cm³/mol. The molecule has 1 N–H and O–H groups in total. The Labute approximate surface area is 152 Å². The Morgan fingerprint density at radius 3 is 2.17 bits per heavy atom. The molecule has 0 aliphatic rings. The molecule has 122 valence electrons. The van der Waals surface area contributed by atoms with Crippen LogP contribution in [0.1, 0.15) is 11.1 Å². The summed E-state index contributed by atoms with van der Waals surface area (Å²) in [7, 11) is -4.90. The van der Waals surface area contributed by atoms with Gasteiger partial charge in [-0.15, -0.1) is 3.89 Å². The molecular weight excluding hydrogens is 400 g/mol. The van der Waals surface area contributed by atoms with Crippen LogP contribution < -0.4 is 5.32 Å². The molecule has 0 saturated carbocycles. The highest BCUT2D eigenvalue weighted by Gasteiger charge is 2.22. The summed E-state index contributed by atoms with van der Waals surface area (Å²) in [5.41, 5.74) is -0.216. The molecule has 0 fully saturated rings. The van der Waals surface area contributed by atoms with E-state index in [2.05, 4.69) is 5.32 Å². The van der Waals surface area contributed by atoms with Crippen LogP contribution in [-0.2, 0) is 10.2 Å². The molecule has 0 spiro atoms. The van der Waals surface area contributed by atoms with Crippen molar-refractivity contribution < 1.29 is 12.3 Å². The minimum atomic E-state index is -4.90. The largest absolute Gasteiger partial charge is 0.353 e. The predicted octanol–water partition coefficient (Wildman–Crippen LogP) is 4.79. The second kappa shape index (κ2) is 6.84. The van der Waals surface area contributed by atoms with Crippen LogP contribution in [0, 0.1) is 22.7 Å². The fourth-order valence-electron chi connectivity index (χ4n) is 1.85. The maximum Gasteiger partial charge on any atom is 0.332 e. The van der Waals surface area contributed by atoms with Crippen molar-refractivity contribution in [3.8, 4) is 12.1 Å². The van der Waals surface area contributed by atoms with Crippen molar-refractivity contribution in [3.63, 3.8) is 0 Å². The van der Waals surface area contributed by atoms with E-state index in [1.54, 1.807) is 12.1 Å². The lowest BCUT2D eigenvalue weighted by atomic mass is 10.1. The first-order valence-corrected chi connectivity index (χ1v) is 8.54. The van der Waals surface area contributed by atoms with Gasteiger partial charge in [0.15, 0.2) is 0 Å². The Balaban J connectivity index is 2.64. The Hall–Kier alpha value is -2.03. The minimum absolute atomic E-state index is 0.0263.